The highest BCUT2D eigenvalue weighted by molar-refractivity contribution is 14.1. The van der Waals surface area contributed by atoms with Crippen LogP contribution in [0.25, 0.3) is 0 Å². The molecule has 0 amide bonds. The van der Waals surface area contributed by atoms with E-state index in [1.165, 1.54) is 0 Å². The molecular weight excluding hydrogens is 330 g/mol. The molecule has 0 aliphatic rings. The van der Waals surface area contributed by atoms with Crippen LogP contribution in [-0.4, -0.2) is 12.2 Å². The van der Waals surface area contributed by atoms with E-state index in [0.717, 1.165) is 9.13 Å². The topological polar surface area (TPSA) is 26.0 Å². The van der Waals surface area contributed by atoms with E-state index in [9.17, 15) is 13.2 Å². The van der Waals surface area contributed by atoms with Crippen molar-refractivity contribution < 1.29 is 13.2 Å². The molecule has 1 aromatic rings. The molecule has 1 atom stereocenters. The summed E-state index contributed by atoms with van der Waals surface area (Å²) in [6.45, 7) is 0. The lowest BCUT2D eigenvalue weighted by Gasteiger charge is -2.13. The number of hydrogen-bond donors (Lipinski definition) is 1. The van der Waals surface area contributed by atoms with Crippen LogP contribution in [0.15, 0.2) is 24.3 Å². The van der Waals surface area contributed by atoms with E-state index in [-0.39, 0.29) is 6.42 Å². The molecule has 0 radical (unpaired) electrons. The zero-order chi connectivity index (χ0) is 12.2. The van der Waals surface area contributed by atoms with Crippen molar-refractivity contribution in [3.05, 3.63) is 33.4 Å². The van der Waals surface area contributed by atoms with Gasteiger partial charge in [-0.3, -0.25) is 0 Å². The van der Waals surface area contributed by atoms with Gasteiger partial charge in [-0.15, -0.1) is 0 Å². The van der Waals surface area contributed by atoms with E-state index < -0.39 is 18.6 Å². The summed E-state index contributed by atoms with van der Waals surface area (Å²) in [6.07, 6.45) is -4.44. The number of alkyl halides is 3. The number of hydrogen-bond acceptors (Lipinski definition) is 1. The van der Waals surface area contributed by atoms with Gasteiger partial charge < -0.3 is 5.73 Å². The van der Waals surface area contributed by atoms with Gasteiger partial charge in [-0.25, -0.2) is 0 Å². The minimum atomic E-state index is -4.11. The number of benzene rings is 1. The summed E-state index contributed by atoms with van der Waals surface area (Å²) in [7, 11) is 0. The molecule has 0 saturated carbocycles. The summed E-state index contributed by atoms with van der Waals surface area (Å²) < 4.78 is 37.0. The third-order valence-corrected chi connectivity index (χ3v) is 2.93. The van der Waals surface area contributed by atoms with Crippen molar-refractivity contribution in [1.29, 1.82) is 0 Å². The van der Waals surface area contributed by atoms with Crippen molar-refractivity contribution in [1.82, 2.24) is 0 Å². The van der Waals surface area contributed by atoms with Crippen LogP contribution in [0.1, 0.15) is 18.4 Å². The van der Waals surface area contributed by atoms with Crippen LogP contribution < -0.4 is 5.73 Å². The Balaban J connectivity index is 2.39. The van der Waals surface area contributed by atoms with Gasteiger partial charge in [-0.05, 0) is 53.1 Å². The fourth-order valence-electron chi connectivity index (χ4n) is 1.37. The highest BCUT2D eigenvalue weighted by Crippen LogP contribution is 2.22. The second-order valence-electron chi connectivity index (χ2n) is 3.74. The van der Waals surface area contributed by atoms with Crippen molar-refractivity contribution in [3.8, 4) is 0 Å². The van der Waals surface area contributed by atoms with Gasteiger partial charge in [0.15, 0.2) is 0 Å². The Morgan fingerprint density at radius 1 is 1.19 bits per heavy atom. The van der Waals surface area contributed by atoms with E-state index in [1.54, 1.807) is 0 Å². The minimum absolute atomic E-state index is 0.0184. The maximum Gasteiger partial charge on any atom is 0.389 e. The monoisotopic (exact) mass is 343 g/mol. The molecule has 0 aromatic heterocycles. The zero-order valence-corrected chi connectivity index (χ0v) is 10.8. The standard InChI is InChI=1S/C11H13F3IN/c12-11(13,14)6-5-10(16)7-8-1-3-9(15)4-2-8/h1-4,10H,5-7,16H2. The Morgan fingerprint density at radius 3 is 2.25 bits per heavy atom. The lowest BCUT2D eigenvalue weighted by Crippen LogP contribution is -2.25. The van der Waals surface area contributed by atoms with Gasteiger partial charge in [0.1, 0.15) is 0 Å². The fraction of sp³-hybridized carbons (Fsp3) is 0.455. The molecule has 0 aliphatic heterocycles. The summed E-state index contributed by atoms with van der Waals surface area (Å²) in [5.74, 6) is 0. The van der Waals surface area contributed by atoms with Crippen LogP contribution in [0.5, 0.6) is 0 Å². The molecule has 0 spiro atoms. The molecule has 16 heavy (non-hydrogen) atoms. The molecule has 5 heteroatoms. The van der Waals surface area contributed by atoms with Gasteiger partial charge in [0.2, 0.25) is 0 Å². The van der Waals surface area contributed by atoms with E-state index >= 15 is 0 Å². The summed E-state index contributed by atoms with van der Waals surface area (Å²) in [4.78, 5) is 0. The predicted octanol–water partition coefficient (Wildman–Crippen LogP) is 3.50. The molecule has 0 bridgehead atoms. The largest absolute Gasteiger partial charge is 0.389 e. The van der Waals surface area contributed by atoms with Crippen LogP contribution in [0.2, 0.25) is 0 Å². The SMILES string of the molecule is NC(CCC(F)(F)F)Cc1ccc(I)cc1. The van der Waals surface area contributed by atoms with Crippen molar-refractivity contribution >= 4 is 22.6 Å². The highest BCUT2D eigenvalue weighted by Gasteiger charge is 2.27. The van der Waals surface area contributed by atoms with Gasteiger partial charge in [0.05, 0.1) is 0 Å². The predicted molar refractivity (Wildman–Crippen MR) is 66.1 cm³/mol. The van der Waals surface area contributed by atoms with E-state index in [1.807, 2.05) is 24.3 Å². The first kappa shape index (κ1) is 13.8. The Labute approximate surface area is 106 Å². The van der Waals surface area contributed by atoms with Gasteiger partial charge in [0.25, 0.3) is 0 Å². The first-order chi connectivity index (χ1) is 7.37. The van der Waals surface area contributed by atoms with Crippen molar-refractivity contribution in [3.63, 3.8) is 0 Å². The third kappa shape index (κ3) is 5.69. The number of rotatable bonds is 4. The van der Waals surface area contributed by atoms with Crippen molar-refractivity contribution in [2.24, 2.45) is 5.73 Å². The minimum Gasteiger partial charge on any atom is -0.327 e. The maximum absolute atomic E-state index is 12.0. The van der Waals surface area contributed by atoms with Crippen molar-refractivity contribution in [2.75, 3.05) is 0 Å². The molecular formula is C11H13F3IN. The fourth-order valence-corrected chi connectivity index (χ4v) is 1.73. The Bertz CT molecular complexity index is 321. The summed E-state index contributed by atoms with van der Waals surface area (Å²) in [5.41, 5.74) is 6.63. The lowest BCUT2D eigenvalue weighted by molar-refractivity contribution is -0.136. The number of nitrogens with two attached hydrogens (primary N) is 1. The van der Waals surface area contributed by atoms with E-state index in [4.69, 9.17) is 5.73 Å². The van der Waals surface area contributed by atoms with Gasteiger partial charge in [0, 0.05) is 16.0 Å². The van der Waals surface area contributed by atoms with Crippen LogP contribution >= 0.6 is 22.6 Å². The molecule has 0 saturated heterocycles. The summed E-state index contributed by atoms with van der Waals surface area (Å²) >= 11 is 2.18. The summed E-state index contributed by atoms with van der Waals surface area (Å²) in [6, 6.07) is 7.21. The van der Waals surface area contributed by atoms with Gasteiger partial charge >= 0.3 is 6.18 Å². The van der Waals surface area contributed by atoms with Gasteiger partial charge in [-0.2, -0.15) is 13.2 Å². The molecule has 1 aromatic carbocycles. The number of halogens is 4. The molecule has 0 aliphatic carbocycles. The normalized spacial score (nSPS) is 13.8. The average Bonchev–Trinajstić information content (AvgIpc) is 2.18. The Kier molecular flexibility index (Phi) is 5.04. The molecule has 1 nitrogen and oxygen atoms in total. The molecule has 1 unspecified atom stereocenters. The van der Waals surface area contributed by atoms with Crippen molar-refractivity contribution in [2.45, 2.75) is 31.5 Å². The van der Waals surface area contributed by atoms with Crippen LogP contribution in [-0.2, 0) is 6.42 Å². The lowest BCUT2D eigenvalue weighted by atomic mass is 10.0. The second-order valence-corrected chi connectivity index (χ2v) is 4.99. The first-order valence-corrected chi connectivity index (χ1v) is 6.01. The maximum atomic E-state index is 12.0. The third-order valence-electron chi connectivity index (χ3n) is 2.21. The van der Waals surface area contributed by atoms with Gasteiger partial charge in [-0.1, -0.05) is 12.1 Å². The first-order valence-electron chi connectivity index (χ1n) is 4.93. The van der Waals surface area contributed by atoms with Crippen LogP contribution in [0.3, 0.4) is 0 Å². The zero-order valence-electron chi connectivity index (χ0n) is 8.60. The molecule has 0 heterocycles. The van der Waals surface area contributed by atoms with E-state index in [2.05, 4.69) is 22.6 Å². The quantitative estimate of drug-likeness (QED) is 0.832. The van der Waals surface area contributed by atoms with Crippen LogP contribution in [0.4, 0.5) is 13.2 Å². The molecule has 0 fully saturated rings. The molecule has 90 valence electrons. The highest BCUT2D eigenvalue weighted by atomic mass is 127. The molecule has 2 N–H and O–H groups in total. The smallest absolute Gasteiger partial charge is 0.327 e. The van der Waals surface area contributed by atoms with Crippen LogP contribution in [0, 0.1) is 3.57 Å². The Morgan fingerprint density at radius 2 is 1.75 bits per heavy atom. The Hall–Kier alpha value is -0.300. The van der Waals surface area contributed by atoms with E-state index in [0.29, 0.717) is 6.42 Å². The molecule has 1 rings (SSSR count). The average molecular weight is 343 g/mol. The summed E-state index contributed by atoms with van der Waals surface area (Å²) in [5, 5.41) is 0. The second kappa shape index (κ2) is 5.86.